The van der Waals surface area contributed by atoms with Crippen LogP contribution in [0.5, 0.6) is 5.75 Å². The Morgan fingerprint density at radius 3 is 2.86 bits per heavy atom. The molecule has 0 fully saturated rings. The molecule has 14 heavy (non-hydrogen) atoms. The third kappa shape index (κ3) is 3.38. The molecule has 77 valence electrons. The number of rotatable bonds is 5. The van der Waals surface area contributed by atoms with Crippen molar-refractivity contribution in [3.8, 4) is 5.75 Å². The van der Waals surface area contributed by atoms with Crippen LogP contribution in [0.15, 0.2) is 24.3 Å². The highest BCUT2D eigenvalue weighted by molar-refractivity contribution is 7.73. The lowest BCUT2D eigenvalue weighted by atomic mass is 10.3. The fourth-order valence-electron chi connectivity index (χ4n) is 0.987. The lowest BCUT2D eigenvalue weighted by Crippen LogP contribution is -2.18. The molecule has 1 unspecified atom stereocenters. The van der Waals surface area contributed by atoms with Gasteiger partial charge >= 0.3 is 0 Å². The Bertz CT molecular complexity index is 324. The quantitative estimate of drug-likeness (QED) is 0.749. The van der Waals surface area contributed by atoms with Crippen LogP contribution in [0, 0.1) is 6.07 Å². The summed E-state index contributed by atoms with van der Waals surface area (Å²) in [5.74, 6) is 0.655. The van der Waals surface area contributed by atoms with Crippen molar-refractivity contribution in [1.29, 1.82) is 0 Å². The summed E-state index contributed by atoms with van der Waals surface area (Å²) in [5, 5.41) is -0.398. The minimum Gasteiger partial charge on any atom is -0.492 e. The SMILES string of the molecule is CCC(COc1c[c]ccc1)[SH](=O)=O. The highest BCUT2D eigenvalue weighted by Crippen LogP contribution is 2.09. The molecule has 0 aliphatic rings. The summed E-state index contributed by atoms with van der Waals surface area (Å²) >= 11 is 0. The number of hydrogen-bond donors (Lipinski definition) is 1. The molecule has 0 saturated carbocycles. The largest absolute Gasteiger partial charge is 0.492 e. The zero-order chi connectivity index (χ0) is 10.4. The van der Waals surface area contributed by atoms with Crippen LogP contribution < -0.4 is 4.74 Å². The summed E-state index contributed by atoms with van der Waals surface area (Å²) in [6.07, 6.45) is 0.579. The standard InChI is InChI=1S/C10H13O3S/c1-2-10(14(11)12)8-13-9-6-4-3-5-7-9/h3-4,6-7,10,14H,2,8H2,1H3. The van der Waals surface area contributed by atoms with Crippen LogP contribution >= 0.6 is 0 Å². The molecule has 0 aromatic heterocycles. The van der Waals surface area contributed by atoms with E-state index in [9.17, 15) is 8.42 Å². The smallest absolute Gasteiger partial charge is 0.146 e. The topological polar surface area (TPSA) is 43.4 Å². The molecular formula is C10H13O3S. The summed E-state index contributed by atoms with van der Waals surface area (Å²) < 4.78 is 26.7. The predicted molar refractivity (Wildman–Crippen MR) is 55.2 cm³/mol. The zero-order valence-corrected chi connectivity index (χ0v) is 8.87. The Balaban J connectivity index is 2.48. The van der Waals surface area contributed by atoms with E-state index in [1.807, 2.05) is 6.92 Å². The van der Waals surface area contributed by atoms with Crippen molar-refractivity contribution in [2.75, 3.05) is 6.61 Å². The molecule has 3 nitrogen and oxygen atoms in total. The lowest BCUT2D eigenvalue weighted by molar-refractivity contribution is 0.311. The van der Waals surface area contributed by atoms with Gasteiger partial charge in [-0.1, -0.05) is 19.1 Å². The van der Waals surface area contributed by atoms with E-state index in [0.29, 0.717) is 12.2 Å². The second-order valence-electron chi connectivity index (χ2n) is 2.90. The van der Waals surface area contributed by atoms with Crippen LogP contribution in [-0.2, 0) is 10.7 Å². The molecule has 0 spiro atoms. The van der Waals surface area contributed by atoms with E-state index >= 15 is 0 Å². The molecule has 0 bridgehead atoms. The predicted octanol–water partition coefficient (Wildman–Crippen LogP) is 1.26. The Morgan fingerprint density at radius 2 is 2.36 bits per heavy atom. The number of hydrogen-bond acceptors (Lipinski definition) is 3. The molecule has 0 N–H and O–H groups in total. The lowest BCUT2D eigenvalue weighted by Gasteiger charge is -2.09. The molecule has 1 aromatic carbocycles. The maximum atomic E-state index is 10.7. The first-order chi connectivity index (χ1) is 6.74. The molecule has 4 heteroatoms. The van der Waals surface area contributed by atoms with Crippen molar-refractivity contribution >= 4 is 10.7 Å². The second kappa shape index (κ2) is 5.65. The number of ether oxygens (including phenoxy) is 1. The van der Waals surface area contributed by atoms with Crippen molar-refractivity contribution in [1.82, 2.24) is 0 Å². The van der Waals surface area contributed by atoms with Crippen LogP contribution in [0.1, 0.15) is 13.3 Å². The van der Waals surface area contributed by atoms with E-state index in [-0.39, 0.29) is 6.61 Å². The summed E-state index contributed by atoms with van der Waals surface area (Å²) in [7, 11) is -2.40. The monoisotopic (exact) mass is 213 g/mol. The third-order valence-corrected chi connectivity index (χ3v) is 3.00. The van der Waals surface area contributed by atoms with Gasteiger partial charge in [-0.2, -0.15) is 0 Å². The number of thiol groups is 1. The summed E-state index contributed by atoms with van der Waals surface area (Å²) in [6, 6.07) is 9.88. The van der Waals surface area contributed by atoms with Crippen molar-refractivity contribution < 1.29 is 13.2 Å². The third-order valence-electron chi connectivity index (χ3n) is 1.89. The molecule has 1 atom stereocenters. The first-order valence-electron chi connectivity index (χ1n) is 4.46. The van der Waals surface area contributed by atoms with E-state index in [4.69, 9.17) is 4.74 Å². The molecule has 1 radical (unpaired) electrons. The maximum absolute atomic E-state index is 10.7. The molecule has 0 aliphatic carbocycles. The minimum atomic E-state index is -2.40. The second-order valence-corrected chi connectivity index (χ2v) is 4.20. The average Bonchev–Trinajstić information content (AvgIpc) is 2.20. The Kier molecular flexibility index (Phi) is 4.46. The molecule has 1 aromatic rings. The Labute approximate surface area is 85.7 Å². The zero-order valence-electron chi connectivity index (χ0n) is 7.97. The van der Waals surface area contributed by atoms with Crippen LogP contribution in [0.2, 0.25) is 0 Å². The van der Waals surface area contributed by atoms with E-state index < -0.39 is 16.0 Å². The van der Waals surface area contributed by atoms with Crippen LogP contribution in [0.3, 0.4) is 0 Å². The van der Waals surface area contributed by atoms with Gasteiger partial charge in [0, 0.05) is 0 Å². The van der Waals surface area contributed by atoms with Crippen LogP contribution in [0.4, 0.5) is 0 Å². The van der Waals surface area contributed by atoms with Crippen molar-refractivity contribution in [3.63, 3.8) is 0 Å². The summed E-state index contributed by atoms with van der Waals surface area (Å²) in [6.45, 7) is 2.04. The highest BCUT2D eigenvalue weighted by atomic mass is 32.2. The van der Waals surface area contributed by atoms with Gasteiger partial charge in [-0.05, 0) is 24.6 Å². The average molecular weight is 213 g/mol. The van der Waals surface area contributed by atoms with Crippen LogP contribution in [-0.4, -0.2) is 20.3 Å². The van der Waals surface area contributed by atoms with Crippen molar-refractivity contribution in [2.24, 2.45) is 0 Å². The van der Waals surface area contributed by atoms with Crippen LogP contribution in [0.25, 0.3) is 0 Å². The normalized spacial score (nSPS) is 12.7. The molecular weight excluding hydrogens is 200 g/mol. The molecule has 0 heterocycles. The van der Waals surface area contributed by atoms with E-state index in [1.165, 1.54) is 0 Å². The van der Waals surface area contributed by atoms with E-state index in [1.54, 1.807) is 24.3 Å². The van der Waals surface area contributed by atoms with Crippen molar-refractivity contribution in [3.05, 3.63) is 30.3 Å². The first kappa shape index (κ1) is 11.0. The first-order valence-corrected chi connectivity index (χ1v) is 5.71. The van der Waals surface area contributed by atoms with Gasteiger partial charge in [0.1, 0.15) is 23.1 Å². The fraction of sp³-hybridized carbons (Fsp3) is 0.400. The highest BCUT2D eigenvalue weighted by Gasteiger charge is 2.09. The van der Waals surface area contributed by atoms with Gasteiger partial charge in [-0.15, -0.1) is 0 Å². The Morgan fingerprint density at radius 1 is 1.57 bits per heavy atom. The van der Waals surface area contributed by atoms with Gasteiger partial charge in [0.05, 0.1) is 5.25 Å². The van der Waals surface area contributed by atoms with Gasteiger partial charge in [0.25, 0.3) is 0 Å². The minimum absolute atomic E-state index is 0.215. The fourth-order valence-corrected chi connectivity index (χ4v) is 1.48. The summed E-state index contributed by atoms with van der Waals surface area (Å²) in [4.78, 5) is 0. The summed E-state index contributed by atoms with van der Waals surface area (Å²) in [5.41, 5.74) is 0. The van der Waals surface area contributed by atoms with Crippen molar-refractivity contribution in [2.45, 2.75) is 18.6 Å². The molecule has 0 aliphatic heterocycles. The van der Waals surface area contributed by atoms with Gasteiger partial charge in [0.15, 0.2) is 0 Å². The van der Waals surface area contributed by atoms with E-state index in [2.05, 4.69) is 6.07 Å². The van der Waals surface area contributed by atoms with Gasteiger partial charge in [0.2, 0.25) is 0 Å². The van der Waals surface area contributed by atoms with Gasteiger partial charge in [-0.3, -0.25) is 0 Å². The number of benzene rings is 1. The molecule has 1 rings (SSSR count). The van der Waals surface area contributed by atoms with Gasteiger partial charge in [-0.25, -0.2) is 8.42 Å². The Hall–Kier alpha value is -1.03. The molecule has 0 amide bonds. The van der Waals surface area contributed by atoms with E-state index in [0.717, 1.165) is 0 Å². The van der Waals surface area contributed by atoms with Gasteiger partial charge < -0.3 is 4.74 Å². The molecule has 0 saturated heterocycles. The maximum Gasteiger partial charge on any atom is 0.146 e.